The molecule has 112 valence electrons. The molecule has 0 aliphatic heterocycles. The van der Waals surface area contributed by atoms with Gasteiger partial charge in [-0.1, -0.05) is 48.3 Å². The average Bonchev–Trinajstić information content (AvgIpc) is 3.16. The molecule has 1 aromatic heterocycles. The summed E-state index contributed by atoms with van der Waals surface area (Å²) >= 11 is 0. The van der Waals surface area contributed by atoms with Crippen LogP contribution in [0.3, 0.4) is 0 Å². The van der Waals surface area contributed by atoms with E-state index in [4.69, 9.17) is 15.0 Å². The lowest BCUT2D eigenvalue weighted by atomic mass is 9.99. The second kappa shape index (κ2) is 5.95. The molecule has 1 saturated carbocycles. The molecule has 0 spiro atoms. The van der Waals surface area contributed by atoms with E-state index in [-0.39, 0.29) is 6.10 Å². The Kier molecular flexibility index (Phi) is 4.03. The van der Waals surface area contributed by atoms with Gasteiger partial charge in [0.15, 0.2) is 5.82 Å². The van der Waals surface area contributed by atoms with Crippen molar-refractivity contribution in [3.8, 4) is 0 Å². The molecule has 5 heteroatoms. The maximum atomic E-state index is 6.33. The van der Waals surface area contributed by atoms with Crippen LogP contribution in [0, 0.1) is 0 Å². The van der Waals surface area contributed by atoms with Crippen LogP contribution in [0.2, 0.25) is 0 Å². The SMILES string of the molecule is CC(OCc1ccccc1)c1nc(C2(N)CCCC2)no1. The lowest BCUT2D eigenvalue weighted by molar-refractivity contribution is 0.0308. The van der Waals surface area contributed by atoms with E-state index in [1.165, 1.54) is 0 Å². The zero-order valence-electron chi connectivity index (χ0n) is 12.3. The Morgan fingerprint density at radius 1 is 1.29 bits per heavy atom. The molecule has 1 aliphatic carbocycles. The summed E-state index contributed by atoms with van der Waals surface area (Å²) in [6, 6.07) is 10.0. The van der Waals surface area contributed by atoms with Gasteiger partial charge < -0.3 is 15.0 Å². The molecule has 1 aromatic carbocycles. The predicted molar refractivity (Wildman–Crippen MR) is 78.3 cm³/mol. The summed E-state index contributed by atoms with van der Waals surface area (Å²) in [4.78, 5) is 4.45. The van der Waals surface area contributed by atoms with Gasteiger partial charge in [-0.2, -0.15) is 4.98 Å². The first kappa shape index (κ1) is 14.2. The van der Waals surface area contributed by atoms with Gasteiger partial charge >= 0.3 is 0 Å². The highest BCUT2D eigenvalue weighted by atomic mass is 16.5. The fourth-order valence-electron chi connectivity index (χ4n) is 2.70. The molecule has 5 nitrogen and oxygen atoms in total. The molecule has 1 unspecified atom stereocenters. The van der Waals surface area contributed by atoms with Crippen molar-refractivity contribution in [3.63, 3.8) is 0 Å². The van der Waals surface area contributed by atoms with Crippen LogP contribution < -0.4 is 5.73 Å². The second-order valence-corrected chi connectivity index (χ2v) is 5.76. The van der Waals surface area contributed by atoms with E-state index < -0.39 is 5.54 Å². The highest BCUT2D eigenvalue weighted by Crippen LogP contribution is 2.35. The maximum Gasteiger partial charge on any atom is 0.255 e. The summed E-state index contributed by atoms with van der Waals surface area (Å²) in [5.74, 6) is 1.11. The molecule has 21 heavy (non-hydrogen) atoms. The molecule has 0 radical (unpaired) electrons. The van der Waals surface area contributed by atoms with Crippen LogP contribution in [-0.4, -0.2) is 10.1 Å². The van der Waals surface area contributed by atoms with Crippen molar-refractivity contribution in [2.45, 2.75) is 50.9 Å². The van der Waals surface area contributed by atoms with Gasteiger partial charge in [0.25, 0.3) is 5.89 Å². The summed E-state index contributed by atoms with van der Waals surface area (Å²) < 4.78 is 11.1. The normalized spacial score (nSPS) is 18.8. The number of benzene rings is 1. The molecule has 1 fully saturated rings. The quantitative estimate of drug-likeness (QED) is 0.914. The third kappa shape index (κ3) is 3.14. The molecular formula is C16H21N3O2. The minimum atomic E-state index is -0.416. The smallest absolute Gasteiger partial charge is 0.255 e. The van der Waals surface area contributed by atoms with Crippen molar-refractivity contribution in [2.75, 3.05) is 0 Å². The molecule has 2 aromatic rings. The first-order chi connectivity index (χ1) is 10.2. The molecule has 1 aliphatic rings. The van der Waals surface area contributed by atoms with Gasteiger partial charge in [0.1, 0.15) is 6.10 Å². The maximum absolute atomic E-state index is 6.33. The van der Waals surface area contributed by atoms with Crippen molar-refractivity contribution >= 4 is 0 Å². The van der Waals surface area contributed by atoms with E-state index in [0.29, 0.717) is 18.3 Å². The third-order valence-corrected chi connectivity index (χ3v) is 4.07. The van der Waals surface area contributed by atoms with E-state index >= 15 is 0 Å². The van der Waals surface area contributed by atoms with Crippen LogP contribution in [0.4, 0.5) is 0 Å². The van der Waals surface area contributed by atoms with E-state index in [9.17, 15) is 0 Å². The Hall–Kier alpha value is -1.72. The van der Waals surface area contributed by atoms with Gasteiger partial charge in [0.2, 0.25) is 0 Å². The largest absolute Gasteiger partial charge is 0.364 e. The van der Waals surface area contributed by atoms with E-state index in [1.807, 2.05) is 37.3 Å². The Morgan fingerprint density at radius 2 is 2.00 bits per heavy atom. The van der Waals surface area contributed by atoms with E-state index in [2.05, 4.69) is 10.1 Å². The number of hydrogen-bond donors (Lipinski definition) is 1. The van der Waals surface area contributed by atoms with Crippen molar-refractivity contribution in [2.24, 2.45) is 5.73 Å². The lowest BCUT2D eigenvalue weighted by Gasteiger charge is -2.17. The summed E-state index contributed by atoms with van der Waals surface area (Å²) in [6.45, 7) is 2.44. The zero-order valence-corrected chi connectivity index (χ0v) is 12.3. The molecule has 0 amide bonds. The highest BCUT2D eigenvalue weighted by Gasteiger charge is 2.36. The first-order valence-electron chi connectivity index (χ1n) is 7.46. The second-order valence-electron chi connectivity index (χ2n) is 5.76. The van der Waals surface area contributed by atoms with Gasteiger partial charge in [0.05, 0.1) is 12.1 Å². The van der Waals surface area contributed by atoms with Crippen LogP contribution in [0.1, 0.15) is 56.0 Å². The summed E-state index contributed by atoms with van der Waals surface area (Å²) in [5, 5.41) is 4.05. The fourth-order valence-corrected chi connectivity index (χ4v) is 2.70. The summed E-state index contributed by atoms with van der Waals surface area (Å²) in [5.41, 5.74) is 7.04. The minimum absolute atomic E-state index is 0.239. The van der Waals surface area contributed by atoms with Gasteiger partial charge in [-0.15, -0.1) is 0 Å². The van der Waals surface area contributed by atoms with Crippen LogP contribution in [0.5, 0.6) is 0 Å². The van der Waals surface area contributed by atoms with E-state index in [1.54, 1.807) is 0 Å². The van der Waals surface area contributed by atoms with Crippen LogP contribution in [0.25, 0.3) is 0 Å². The van der Waals surface area contributed by atoms with Crippen LogP contribution in [-0.2, 0) is 16.9 Å². The Bertz CT molecular complexity index is 576. The third-order valence-electron chi connectivity index (χ3n) is 4.07. The number of ether oxygens (including phenoxy) is 1. The molecule has 3 rings (SSSR count). The van der Waals surface area contributed by atoms with Crippen LogP contribution in [0.15, 0.2) is 34.9 Å². The molecule has 1 heterocycles. The minimum Gasteiger partial charge on any atom is -0.364 e. The fraction of sp³-hybridized carbons (Fsp3) is 0.500. The number of nitrogens with zero attached hydrogens (tertiary/aromatic N) is 2. The molecule has 1 atom stereocenters. The standard InChI is InChI=1S/C16H21N3O2/c1-12(20-11-13-7-3-2-4-8-13)14-18-15(19-21-14)16(17)9-5-6-10-16/h2-4,7-8,12H,5-6,9-11,17H2,1H3. The van der Waals surface area contributed by atoms with Crippen molar-refractivity contribution in [1.29, 1.82) is 0 Å². The Balaban J connectivity index is 1.63. The van der Waals surface area contributed by atoms with Gasteiger partial charge in [-0.05, 0) is 25.3 Å². The number of aromatic nitrogens is 2. The summed E-state index contributed by atoms with van der Waals surface area (Å²) in [7, 11) is 0. The number of rotatable bonds is 5. The predicted octanol–water partition coefficient (Wildman–Crippen LogP) is 3.08. The van der Waals surface area contributed by atoms with Crippen molar-refractivity contribution in [1.82, 2.24) is 10.1 Å². The number of nitrogens with two attached hydrogens (primary N) is 1. The Morgan fingerprint density at radius 3 is 2.71 bits per heavy atom. The molecule has 2 N–H and O–H groups in total. The van der Waals surface area contributed by atoms with Gasteiger partial charge in [-0.3, -0.25) is 0 Å². The summed E-state index contributed by atoms with van der Waals surface area (Å²) in [6.07, 6.45) is 3.86. The number of hydrogen-bond acceptors (Lipinski definition) is 5. The van der Waals surface area contributed by atoms with Crippen molar-refractivity contribution in [3.05, 3.63) is 47.6 Å². The molecular weight excluding hydrogens is 266 g/mol. The average molecular weight is 287 g/mol. The topological polar surface area (TPSA) is 74.2 Å². The first-order valence-corrected chi connectivity index (χ1v) is 7.46. The molecule has 0 saturated heterocycles. The van der Waals surface area contributed by atoms with Crippen LogP contribution >= 0.6 is 0 Å². The van der Waals surface area contributed by atoms with E-state index in [0.717, 1.165) is 31.2 Å². The zero-order chi connectivity index (χ0) is 14.7. The van der Waals surface area contributed by atoms with Gasteiger partial charge in [0, 0.05) is 0 Å². The molecule has 0 bridgehead atoms. The van der Waals surface area contributed by atoms with Gasteiger partial charge in [-0.25, -0.2) is 0 Å². The monoisotopic (exact) mass is 287 g/mol. The highest BCUT2D eigenvalue weighted by molar-refractivity contribution is 5.13. The Labute approximate surface area is 124 Å². The van der Waals surface area contributed by atoms with Crippen molar-refractivity contribution < 1.29 is 9.26 Å². The lowest BCUT2D eigenvalue weighted by Crippen LogP contribution is -2.34.